The lowest BCUT2D eigenvalue weighted by molar-refractivity contribution is -0.128. The summed E-state index contributed by atoms with van der Waals surface area (Å²) >= 11 is 0. The van der Waals surface area contributed by atoms with Gasteiger partial charge in [0.05, 0.1) is 5.92 Å². The molecule has 2 saturated heterocycles. The lowest BCUT2D eigenvalue weighted by Crippen LogP contribution is -2.51. The second kappa shape index (κ2) is 8.96. The van der Waals surface area contributed by atoms with Crippen molar-refractivity contribution < 1.29 is 9.21 Å². The molecule has 1 saturated carbocycles. The Morgan fingerprint density at radius 2 is 1.77 bits per heavy atom. The SMILES string of the molecule is O=C(NC1CCCCC1)[C@H]1CCCN(C2CCN(c3nc4ccccc4o3)CC2)C1. The number of amides is 1. The summed E-state index contributed by atoms with van der Waals surface area (Å²) in [6.07, 6.45) is 10.6. The fourth-order valence-electron chi connectivity index (χ4n) is 5.54. The van der Waals surface area contributed by atoms with Crippen molar-refractivity contribution in [2.24, 2.45) is 5.92 Å². The third-order valence-electron chi connectivity index (χ3n) is 7.31. The fraction of sp³-hybridized carbons (Fsp3) is 0.667. The van der Waals surface area contributed by atoms with E-state index in [1.54, 1.807) is 0 Å². The Morgan fingerprint density at radius 1 is 0.967 bits per heavy atom. The van der Waals surface area contributed by atoms with E-state index in [0.29, 0.717) is 18.0 Å². The maximum absolute atomic E-state index is 12.9. The third-order valence-corrected chi connectivity index (χ3v) is 7.31. The van der Waals surface area contributed by atoms with Crippen LogP contribution in [0.25, 0.3) is 11.1 Å². The van der Waals surface area contributed by atoms with E-state index >= 15 is 0 Å². The number of hydrogen-bond donors (Lipinski definition) is 1. The highest BCUT2D eigenvalue weighted by Gasteiger charge is 2.33. The molecule has 2 aliphatic heterocycles. The first kappa shape index (κ1) is 19.9. The van der Waals surface area contributed by atoms with Gasteiger partial charge in [0, 0.05) is 31.7 Å². The van der Waals surface area contributed by atoms with E-state index in [1.807, 2.05) is 24.3 Å². The number of oxazole rings is 1. The molecule has 0 bridgehead atoms. The quantitative estimate of drug-likeness (QED) is 0.827. The zero-order valence-electron chi connectivity index (χ0n) is 17.9. The molecular weight excluding hydrogens is 376 g/mol. The molecule has 1 aromatic heterocycles. The number of hydrogen-bond acceptors (Lipinski definition) is 5. The lowest BCUT2D eigenvalue weighted by Gasteiger charge is -2.42. The van der Waals surface area contributed by atoms with Gasteiger partial charge in [-0.15, -0.1) is 0 Å². The molecule has 1 aromatic carbocycles. The summed E-state index contributed by atoms with van der Waals surface area (Å²) in [6.45, 7) is 3.98. The first-order chi connectivity index (χ1) is 14.8. The fourth-order valence-corrected chi connectivity index (χ4v) is 5.54. The van der Waals surface area contributed by atoms with Crippen LogP contribution in [0.3, 0.4) is 0 Å². The first-order valence-electron chi connectivity index (χ1n) is 11.9. The number of rotatable bonds is 4. The molecule has 0 spiro atoms. The van der Waals surface area contributed by atoms with E-state index in [9.17, 15) is 4.79 Å². The van der Waals surface area contributed by atoms with Crippen LogP contribution in [0.5, 0.6) is 0 Å². The third kappa shape index (κ3) is 4.34. The van der Waals surface area contributed by atoms with Crippen molar-refractivity contribution in [3.63, 3.8) is 0 Å². The summed E-state index contributed by atoms with van der Waals surface area (Å²) in [6, 6.07) is 9.69. The zero-order valence-corrected chi connectivity index (χ0v) is 17.9. The van der Waals surface area contributed by atoms with Gasteiger partial charge in [0.1, 0.15) is 5.52 Å². The van der Waals surface area contributed by atoms with Crippen molar-refractivity contribution >= 4 is 23.0 Å². The molecule has 5 rings (SSSR count). The van der Waals surface area contributed by atoms with Crippen molar-refractivity contribution in [1.82, 2.24) is 15.2 Å². The molecule has 0 radical (unpaired) electrons. The lowest BCUT2D eigenvalue weighted by atomic mass is 9.91. The largest absolute Gasteiger partial charge is 0.423 e. The second-order valence-corrected chi connectivity index (χ2v) is 9.36. The van der Waals surface area contributed by atoms with E-state index in [2.05, 4.69) is 20.1 Å². The minimum Gasteiger partial charge on any atom is -0.423 e. The number of aromatic nitrogens is 1. The molecule has 3 heterocycles. The summed E-state index contributed by atoms with van der Waals surface area (Å²) in [5.74, 6) is 0.464. The number of carbonyl (C=O) groups excluding carboxylic acids is 1. The first-order valence-corrected chi connectivity index (χ1v) is 11.9. The number of para-hydroxylation sites is 2. The zero-order chi connectivity index (χ0) is 20.3. The summed E-state index contributed by atoms with van der Waals surface area (Å²) in [5.41, 5.74) is 1.79. The molecule has 1 amide bonds. The molecule has 6 heteroatoms. The smallest absolute Gasteiger partial charge is 0.298 e. The maximum atomic E-state index is 12.9. The van der Waals surface area contributed by atoms with Crippen LogP contribution in [-0.4, -0.2) is 54.1 Å². The number of nitrogens with one attached hydrogen (secondary N) is 1. The molecule has 3 aliphatic rings. The van der Waals surface area contributed by atoms with Crippen LogP contribution in [0, 0.1) is 5.92 Å². The Labute approximate surface area is 179 Å². The number of anilines is 1. The van der Waals surface area contributed by atoms with Gasteiger partial charge >= 0.3 is 0 Å². The van der Waals surface area contributed by atoms with Crippen molar-refractivity contribution in [2.75, 3.05) is 31.1 Å². The number of piperidine rings is 2. The van der Waals surface area contributed by atoms with Crippen LogP contribution in [0.15, 0.2) is 28.7 Å². The molecule has 3 fully saturated rings. The van der Waals surface area contributed by atoms with Crippen LogP contribution >= 0.6 is 0 Å². The molecule has 6 nitrogen and oxygen atoms in total. The molecule has 162 valence electrons. The van der Waals surface area contributed by atoms with Gasteiger partial charge in [0.25, 0.3) is 6.01 Å². The number of carbonyl (C=O) groups is 1. The second-order valence-electron chi connectivity index (χ2n) is 9.36. The molecule has 2 aromatic rings. The Bertz CT molecular complexity index is 819. The molecule has 1 atom stereocenters. The Hall–Kier alpha value is -2.08. The van der Waals surface area contributed by atoms with Gasteiger partial charge in [-0.05, 0) is 57.2 Å². The maximum Gasteiger partial charge on any atom is 0.298 e. The minimum absolute atomic E-state index is 0.163. The molecule has 30 heavy (non-hydrogen) atoms. The molecule has 1 aliphatic carbocycles. The van der Waals surface area contributed by atoms with Gasteiger partial charge < -0.3 is 14.6 Å². The summed E-state index contributed by atoms with van der Waals surface area (Å²) < 4.78 is 5.96. The summed E-state index contributed by atoms with van der Waals surface area (Å²) in [4.78, 5) is 22.4. The Morgan fingerprint density at radius 3 is 2.57 bits per heavy atom. The van der Waals surface area contributed by atoms with Crippen LogP contribution in [0.4, 0.5) is 6.01 Å². The van der Waals surface area contributed by atoms with Crippen molar-refractivity contribution in [2.45, 2.75) is 69.9 Å². The standard InChI is InChI=1S/C24H34N4O2/c29-23(25-19-8-2-1-3-9-19)18-7-6-14-28(17-18)20-12-15-27(16-13-20)24-26-21-10-4-5-11-22(21)30-24/h4-5,10-11,18-20H,1-3,6-9,12-17H2,(H,25,29)/t18-/m0/s1. The van der Waals surface area contributed by atoms with Gasteiger partial charge in [-0.25, -0.2) is 0 Å². The van der Waals surface area contributed by atoms with Crippen LogP contribution < -0.4 is 10.2 Å². The number of likely N-dealkylation sites (tertiary alicyclic amines) is 1. The highest BCUT2D eigenvalue weighted by molar-refractivity contribution is 5.79. The summed E-state index contributed by atoms with van der Waals surface area (Å²) in [7, 11) is 0. The predicted octanol–water partition coefficient (Wildman–Crippen LogP) is 3.96. The van der Waals surface area contributed by atoms with Gasteiger partial charge in [0.2, 0.25) is 5.91 Å². The van der Waals surface area contributed by atoms with Crippen molar-refractivity contribution in [3.8, 4) is 0 Å². The minimum atomic E-state index is 0.163. The highest BCUT2D eigenvalue weighted by atomic mass is 16.4. The van der Waals surface area contributed by atoms with Crippen molar-refractivity contribution in [1.29, 1.82) is 0 Å². The average Bonchev–Trinajstić information content (AvgIpc) is 3.24. The van der Waals surface area contributed by atoms with Gasteiger partial charge in [-0.1, -0.05) is 31.4 Å². The Balaban J connectivity index is 1.14. The normalized spacial score (nSPS) is 24.9. The topological polar surface area (TPSA) is 61.6 Å². The highest BCUT2D eigenvalue weighted by Crippen LogP contribution is 2.28. The molecular formula is C24H34N4O2. The van der Waals surface area contributed by atoms with Gasteiger partial charge in [-0.3, -0.25) is 9.69 Å². The monoisotopic (exact) mass is 410 g/mol. The van der Waals surface area contributed by atoms with E-state index in [-0.39, 0.29) is 5.92 Å². The molecule has 0 unspecified atom stereocenters. The van der Waals surface area contributed by atoms with E-state index < -0.39 is 0 Å². The number of fused-ring (bicyclic) bond motifs is 1. The molecule has 1 N–H and O–H groups in total. The number of nitrogens with zero attached hydrogens (tertiary/aromatic N) is 3. The number of benzene rings is 1. The average molecular weight is 411 g/mol. The van der Waals surface area contributed by atoms with Crippen LogP contribution in [0.1, 0.15) is 57.8 Å². The van der Waals surface area contributed by atoms with Crippen LogP contribution in [-0.2, 0) is 4.79 Å². The van der Waals surface area contributed by atoms with E-state index in [0.717, 1.165) is 81.8 Å². The Kier molecular flexibility index (Phi) is 5.93. The van der Waals surface area contributed by atoms with Crippen LogP contribution in [0.2, 0.25) is 0 Å². The van der Waals surface area contributed by atoms with E-state index in [1.165, 1.54) is 19.3 Å². The van der Waals surface area contributed by atoms with E-state index in [4.69, 9.17) is 4.42 Å². The predicted molar refractivity (Wildman–Crippen MR) is 119 cm³/mol. The summed E-state index contributed by atoms with van der Waals surface area (Å²) in [5, 5.41) is 3.36. The van der Waals surface area contributed by atoms with Gasteiger partial charge in [0.15, 0.2) is 5.58 Å². The van der Waals surface area contributed by atoms with Gasteiger partial charge in [-0.2, -0.15) is 4.98 Å². The van der Waals surface area contributed by atoms with Crippen molar-refractivity contribution in [3.05, 3.63) is 24.3 Å².